The molecule has 0 spiro atoms. The Hall–Kier alpha value is -1.89. The van der Waals surface area contributed by atoms with Gasteiger partial charge in [0.2, 0.25) is 5.91 Å². The van der Waals surface area contributed by atoms with Crippen LogP contribution in [0.15, 0.2) is 12.4 Å². The maximum absolute atomic E-state index is 12.3. The lowest BCUT2D eigenvalue weighted by Crippen LogP contribution is -2.46. The zero-order valence-corrected chi connectivity index (χ0v) is 14.9. The molecule has 1 N–H and O–H groups in total. The molecule has 1 unspecified atom stereocenters. The Labute approximate surface area is 148 Å². The molecule has 2 aliphatic heterocycles. The highest BCUT2D eigenvalue weighted by Crippen LogP contribution is 2.21. The van der Waals surface area contributed by atoms with Gasteiger partial charge in [0, 0.05) is 57.5 Å². The van der Waals surface area contributed by atoms with Crippen molar-refractivity contribution < 1.29 is 14.3 Å². The third kappa shape index (κ3) is 4.39. The van der Waals surface area contributed by atoms with Crippen molar-refractivity contribution in [3.63, 3.8) is 0 Å². The maximum atomic E-state index is 12.3. The van der Waals surface area contributed by atoms with Gasteiger partial charge in [0.1, 0.15) is 11.9 Å². The summed E-state index contributed by atoms with van der Waals surface area (Å²) in [6.07, 6.45) is 7.62. The van der Waals surface area contributed by atoms with E-state index in [9.17, 15) is 9.59 Å². The number of carbonyl (C=O) groups is 2. The first kappa shape index (κ1) is 17.9. The number of hydrogen-bond donors (Lipinski definition) is 1. The van der Waals surface area contributed by atoms with Crippen molar-refractivity contribution in [1.82, 2.24) is 19.8 Å². The van der Waals surface area contributed by atoms with E-state index in [1.54, 1.807) is 6.20 Å². The van der Waals surface area contributed by atoms with Crippen molar-refractivity contribution in [2.24, 2.45) is 5.92 Å². The lowest BCUT2D eigenvalue weighted by molar-refractivity contribution is -0.143. The maximum Gasteiger partial charge on any atom is 0.251 e. The highest BCUT2D eigenvalue weighted by atomic mass is 16.5. The van der Waals surface area contributed by atoms with Crippen LogP contribution < -0.4 is 5.32 Å². The molecule has 0 aliphatic carbocycles. The molecule has 138 valence electrons. The summed E-state index contributed by atoms with van der Waals surface area (Å²) in [6.45, 7) is 5.41. The monoisotopic (exact) mass is 348 g/mol. The quantitative estimate of drug-likeness (QED) is 0.831. The molecule has 3 rings (SSSR count). The van der Waals surface area contributed by atoms with E-state index in [2.05, 4.69) is 21.8 Å². The number of piperidine rings is 1. The largest absolute Gasteiger partial charge is 0.368 e. The molecule has 0 bridgehead atoms. The Morgan fingerprint density at radius 3 is 2.80 bits per heavy atom. The standard InChI is InChI=1S/C18H28N4O3/c1-2-16-19-7-11-21(16)12-8-20-17(23)14-5-9-22(10-6-14)18(24)15-4-3-13-25-15/h7,11,14-15H,2-6,8-10,12-13H2,1H3,(H,20,23). The minimum atomic E-state index is -0.256. The van der Waals surface area contributed by atoms with E-state index >= 15 is 0 Å². The van der Waals surface area contributed by atoms with Gasteiger partial charge in [0.15, 0.2) is 0 Å². The fourth-order valence-corrected chi connectivity index (χ4v) is 3.64. The van der Waals surface area contributed by atoms with Crippen LogP contribution in [0.3, 0.4) is 0 Å². The number of aryl methyl sites for hydroxylation is 1. The number of amides is 2. The van der Waals surface area contributed by atoms with Gasteiger partial charge in [-0.3, -0.25) is 9.59 Å². The first-order valence-electron chi connectivity index (χ1n) is 9.37. The number of rotatable bonds is 6. The van der Waals surface area contributed by atoms with Gasteiger partial charge in [-0.1, -0.05) is 6.92 Å². The van der Waals surface area contributed by atoms with Crippen LogP contribution in [0.5, 0.6) is 0 Å². The van der Waals surface area contributed by atoms with Crippen molar-refractivity contribution >= 4 is 11.8 Å². The molecule has 2 fully saturated rings. The van der Waals surface area contributed by atoms with Crippen LogP contribution in [0.25, 0.3) is 0 Å². The Bertz CT molecular complexity index is 587. The van der Waals surface area contributed by atoms with Gasteiger partial charge in [0.25, 0.3) is 5.91 Å². The zero-order chi connectivity index (χ0) is 17.6. The summed E-state index contributed by atoms with van der Waals surface area (Å²) in [5.41, 5.74) is 0. The van der Waals surface area contributed by atoms with Crippen LogP contribution in [0.4, 0.5) is 0 Å². The van der Waals surface area contributed by atoms with E-state index in [1.165, 1.54) is 0 Å². The van der Waals surface area contributed by atoms with Gasteiger partial charge in [-0.05, 0) is 25.7 Å². The van der Waals surface area contributed by atoms with E-state index in [0.29, 0.717) is 26.2 Å². The molecule has 7 nitrogen and oxygen atoms in total. The van der Waals surface area contributed by atoms with Crippen LogP contribution in [0.1, 0.15) is 38.4 Å². The van der Waals surface area contributed by atoms with Crippen LogP contribution in [0.2, 0.25) is 0 Å². The number of nitrogens with zero attached hydrogens (tertiary/aromatic N) is 3. The Morgan fingerprint density at radius 2 is 2.12 bits per heavy atom. The summed E-state index contributed by atoms with van der Waals surface area (Å²) in [5.74, 6) is 1.24. The average molecular weight is 348 g/mol. The number of nitrogens with one attached hydrogen (secondary N) is 1. The second-order valence-electron chi connectivity index (χ2n) is 6.78. The minimum Gasteiger partial charge on any atom is -0.368 e. The lowest BCUT2D eigenvalue weighted by Gasteiger charge is -2.32. The highest BCUT2D eigenvalue weighted by molar-refractivity contribution is 5.82. The van der Waals surface area contributed by atoms with Crippen molar-refractivity contribution in [2.75, 3.05) is 26.2 Å². The molecule has 0 radical (unpaired) electrons. The molecule has 3 heterocycles. The van der Waals surface area contributed by atoms with Crippen LogP contribution in [-0.4, -0.2) is 58.6 Å². The van der Waals surface area contributed by atoms with Crippen LogP contribution >= 0.6 is 0 Å². The zero-order valence-electron chi connectivity index (χ0n) is 14.9. The van der Waals surface area contributed by atoms with E-state index in [0.717, 1.165) is 44.5 Å². The first-order chi connectivity index (χ1) is 12.2. The number of hydrogen-bond acceptors (Lipinski definition) is 4. The Morgan fingerprint density at radius 1 is 1.32 bits per heavy atom. The predicted octanol–water partition coefficient (Wildman–Crippen LogP) is 0.979. The Kier molecular flexibility index (Phi) is 6.07. The van der Waals surface area contributed by atoms with Gasteiger partial charge >= 0.3 is 0 Å². The fraction of sp³-hybridized carbons (Fsp3) is 0.722. The van der Waals surface area contributed by atoms with Gasteiger partial charge in [-0.2, -0.15) is 0 Å². The van der Waals surface area contributed by atoms with Crippen molar-refractivity contribution in [2.45, 2.75) is 51.7 Å². The molecular weight excluding hydrogens is 320 g/mol. The number of likely N-dealkylation sites (tertiary alicyclic amines) is 1. The number of aromatic nitrogens is 2. The van der Waals surface area contributed by atoms with Crippen molar-refractivity contribution in [3.8, 4) is 0 Å². The predicted molar refractivity (Wildman–Crippen MR) is 92.9 cm³/mol. The SMILES string of the molecule is CCc1nccn1CCNC(=O)C1CCN(C(=O)C2CCCO2)CC1. The highest BCUT2D eigenvalue weighted by Gasteiger charge is 2.32. The minimum absolute atomic E-state index is 0.00183. The number of ether oxygens (including phenoxy) is 1. The smallest absolute Gasteiger partial charge is 0.251 e. The van der Waals surface area contributed by atoms with E-state index < -0.39 is 0 Å². The van der Waals surface area contributed by atoms with E-state index in [-0.39, 0.29) is 23.8 Å². The molecule has 7 heteroatoms. The van der Waals surface area contributed by atoms with Gasteiger partial charge in [0.05, 0.1) is 0 Å². The summed E-state index contributed by atoms with van der Waals surface area (Å²) < 4.78 is 7.54. The Balaban J connectivity index is 1.38. The summed E-state index contributed by atoms with van der Waals surface area (Å²) in [4.78, 5) is 30.8. The molecule has 2 aliphatic rings. The molecule has 2 amide bonds. The van der Waals surface area contributed by atoms with Gasteiger partial charge in [-0.15, -0.1) is 0 Å². The second kappa shape index (κ2) is 8.47. The lowest BCUT2D eigenvalue weighted by atomic mass is 9.95. The normalized spacial score (nSPS) is 21.5. The summed E-state index contributed by atoms with van der Waals surface area (Å²) in [5, 5.41) is 3.03. The number of carbonyl (C=O) groups excluding carboxylic acids is 2. The second-order valence-corrected chi connectivity index (χ2v) is 6.78. The molecule has 1 aromatic heterocycles. The first-order valence-corrected chi connectivity index (χ1v) is 9.37. The van der Waals surface area contributed by atoms with Crippen LogP contribution in [-0.2, 0) is 27.3 Å². The molecule has 1 aromatic rings. The third-order valence-corrected chi connectivity index (χ3v) is 5.15. The summed E-state index contributed by atoms with van der Waals surface area (Å²) >= 11 is 0. The van der Waals surface area contributed by atoms with Crippen molar-refractivity contribution in [1.29, 1.82) is 0 Å². The average Bonchev–Trinajstić information content (AvgIpc) is 3.32. The molecule has 25 heavy (non-hydrogen) atoms. The van der Waals surface area contributed by atoms with Crippen LogP contribution in [0, 0.1) is 5.92 Å². The number of imidazole rings is 1. The molecule has 2 saturated heterocycles. The summed E-state index contributed by atoms with van der Waals surface area (Å²) in [7, 11) is 0. The molecule has 1 atom stereocenters. The van der Waals surface area contributed by atoms with Gasteiger partial charge in [-0.25, -0.2) is 4.98 Å². The molecule has 0 saturated carbocycles. The fourth-order valence-electron chi connectivity index (χ4n) is 3.64. The van der Waals surface area contributed by atoms with E-state index in [1.807, 2.05) is 11.1 Å². The molecular formula is C18H28N4O3. The molecule has 0 aromatic carbocycles. The van der Waals surface area contributed by atoms with Gasteiger partial charge < -0.3 is 19.5 Å². The summed E-state index contributed by atoms with van der Waals surface area (Å²) in [6, 6.07) is 0. The van der Waals surface area contributed by atoms with E-state index in [4.69, 9.17) is 4.74 Å². The topological polar surface area (TPSA) is 76.5 Å². The third-order valence-electron chi connectivity index (χ3n) is 5.15. The van der Waals surface area contributed by atoms with Crippen molar-refractivity contribution in [3.05, 3.63) is 18.2 Å².